The molecule has 0 atom stereocenters. The van der Waals surface area contributed by atoms with Gasteiger partial charge in [-0.05, 0) is 26.9 Å². The van der Waals surface area contributed by atoms with Crippen LogP contribution in [0.3, 0.4) is 0 Å². The van der Waals surface area contributed by atoms with Crippen molar-refractivity contribution < 1.29 is 5.11 Å². The van der Waals surface area contributed by atoms with Gasteiger partial charge in [-0.3, -0.25) is 0 Å². The second kappa shape index (κ2) is 4.04. The molecule has 1 aliphatic rings. The Morgan fingerprint density at radius 2 is 2.09 bits per heavy atom. The van der Waals surface area contributed by atoms with Crippen molar-refractivity contribution in [3.05, 3.63) is 0 Å². The SMILES string of the molecule is CN(C)CCNC1CC(O)C1. The maximum Gasteiger partial charge on any atom is 0.0570 e. The molecule has 0 amide bonds. The van der Waals surface area contributed by atoms with Crippen LogP contribution in [0, 0.1) is 0 Å². The van der Waals surface area contributed by atoms with Gasteiger partial charge < -0.3 is 15.3 Å². The van der Waals surface area contributed by atoms with Crippen molar-refractivity contribution >= 4 is 0 Å². The molecule has 2 N–H and O–H groups in total. The van der Waals surface area contributed by atoms with Crippen LogP contribution in [0.2, 0.25) is 0 Å². The smallest absolute Gasteiger partial charge is 0.0570 e. The van der Waals surface area contributed by atoms with Crippen LogP contribution in [-0.2, 0) is 0 Å². The van der Waals surface area contributed by atoms with E-state index >= 15 is 0 Å². The van der Waals surface area contributed by atoms with Gasteiger partial charge in [-0.15, -0.1) is 0 Å². The summed E-state index contributed by atoms with van der Waals surface area (Å²) in [4.78, 5) is 2.15. The highest BCUT2D eigenvalue weighted by molar-refractivity contribution is 4.84. The van der Waals surface area contributed by atoms with E-state index in [0.29, 0.717) is 6.04 Å². The van der Waals surface area contributed by atoms with Crippen molar-refractivity contribution in [2.75, 3.05) is 27.2 Å². The summed E-state index contributed by atoms with van der Waals surface area (Å²) in [5, 5.41) is 12.4. The summed E-state index contributed by atoms with van der Waals surface area (Å²) in [5.74, 6) is 0. The summed E-state index contributed by atoms with van der Waals surface area (Å²) in [5.41, 5.74) is 0. The molecule has 66 valence electrons. The summed E-state index contributed by atoms with van der Waals surface area (Å²) < 4.78 is 0. The van der Waals surface area contributed by atoms with Gasteiger partial charge in [-0.25, -0.2) is 0 Å². The molecule has 11 heavy (non-hydrogen) atoms. The number of hydrogen-bond donors (Lipinski definition) is 2. The van der Waals surface area contributed by atoms with Crippen LogP contribution < -0.4 is 5.32 Å². The summed E-state index contributed by atoms with van der Waals surface area (Å²) in [6, 6.07) is 0.574. The van der Waals surface area contributed by atoms with Gasteiger partial charge in [0, 0.05) is 19.1 Å². The Morgan fingerprint density at radius 3 is 2.55 bits per heavy atom. The molecule has 1 fully saturated rings. The standard InChI is InChI=1S/C8H18N2O/c1-10(2)4-3-9-7-5-8(11)6-7/h7-9,11H,3-6H2,1-2H3. The molecule has 0 saturated heterocycles. The Labute approximate surface area is 68.4 Å². The predicted molar refractivity (Wildman–Crippen MR) is 45.6 cm³/mol. The second-order valence-corrected chi connectivity index (χ2v) is 3.58. The lowest BCUT2D eigenvalue weighted by Gasteiger charge is -2.32. The van der Waals surface area contributed by atoms with E-state index in [4.69, 9.17) is 5.11 Å². The van der Waals surface area contributed by atoms with Gasteiger partial charge in [0.25, 0.3) is 0 Å². The average Bonchev–Trinajstić information content (AvgIpc) is 1.83. The third-order valence-corrected chi connectivity index (χ3v) is 2.11. The topological polar surface area (TPSA) is 35.5 Å². The number of aliphatic hydroxyl groups excluding tert-OH is 1. The quantitative estimate of drug-likeness (QED) is 0.587. The Bertz CT molecular complexity index is 111. The zero-order valence-corrected chi connectivity index (χ0v) is 7.38. The monoisotopic (exact) mass is 158 g/mol. The molecule has 0 unspecified atom stereocenters. The predicted octanol–water partition coefficient (Wildman–Crippen LogP) is -0.339. The molecule has 0 aromatic carbocycles. The van der Waals surface area contributed by atoms with Crippen LogP contribution in [0.4, 0.5) is 0 Å². The molecule has 0 bridgehead atoms. The van der Waals surface area contributed by atoms with Crippen molar-refractivity contribution in [3.63, 3.8) is 0 Å². The highest BCUT2D eigenvalue weighted by Crippen LogP contribution is 2.18. The minimum Gasteiger partial charge on any atom is -0.393 e. The van der Waals surface area contributed by atoms with E-state index in [1.807, 2.05) is 0 Å². The molecule has 0 aromatic rings. The Kier molecular flexibility index (Phi) is 3.30. The third kappa shape index (κ3) is 3.18. The first-order valence-corrected chi connectivity index (χ1v) is 4.24. The van der Waals surface area contributed by atoms with Gasteiger partial charge in [0.05, 0.1) is 6.10 Å². The molecule has 1 rings (SSSR count). The lowest BCUT2D eigenvalue weighted by molar-refractivity contribution is 0.0621. The maximum absolute atomic E-state index is 8.98. The zero-order valence-electron chi connectivity index (χ0n) is 7.38. The van der Waals surface area contributed by atoms with Gasteiger partial charge in [-0.2, -0.15) is 0 Å². The highest BCUT2D eigenvalue weighted by Gasteiger charge is 2.25. The van der Waals surface area contributed by atoms with Crippen LogP contribution in [0.1, 0.15) is 12.8 Å². The van der Waals surface area contributed by atoms with Gasteiger partial charge in [0.1, 0.15) is 0 Å². The van der Waals surface area contributed by atoms with Crippen LogP contribution in [0.15, 0.2) is 0 Å². The Balaban J connectivity index is 1.89. The van der Waals surface area contributed by atoms with E-state index in [-0.39, 0.29) is 6.10 Å². The van der Waals surface area contributed by atoms with Gasteiger partial charge >= 0.3 is 0 Å². The fourth-order valence-corrected chi connectivity index (χ4v) is 1.25. The first-order chi connectivity index (χ1) is 5.18. The first kappa shape index (κ1) is 8.97. The molecule has 0 aliphatic heterocycles. The maximum atomic E-state index is 8.98. The Hall–Kier alpha value is -0.120. The number of rotatable bonds is 4. The highest BCUT2D eigenvalue weighted by atomic mass is 16.3. The summed E-state index contributed by atoms with van der Waals surface area (Å²) in [6.45, 7) is 2.11. The molecule has 0 radical (unpaired) electrons. The van der Waals surface area contributed by atoms with Crippen molar-refractivity contribution in [3.8, 4) is 0 Å². The minimum absolute atomic E-state index is 0.0353. The molecule has 0 spiro atoms. The number of hydrogen-bond acceptors (Lipinski definition) is 3. The lowest BCUT2D eigenvalue weighted by Crippen LogP contribution is -2.46. The van der Waals surface area contributed by atoms with E-state index < -0.39 is 0 Å². The molecule has 3 nitrogen and oxygen atoms in total. The van der Waals surface area contributed by atoms with Crippen LogP contribution >= 0.6 is 0 Å². The normalized spacial score (nSPS) is 30.5. The van der Waals surface area contributed by atoms with Crippen LogP contribution in [-0.4, -0.2) is 49.3 Å². The van der Waals surface area contributed by atoms with Gasteiger partial charge in [0.2, 0.25) is 0 Å². The second-order valence-electron chi connectivity index (χ2n) is 3.58. The van der Waals surface area contributed by atoms with Gasteiger partial charge in [0.15, 0.2) is 0 Å². The largest absolute Gasteiger partial charge is 0.393 e. The molecule has 0 aromatic heterocycles. The average molecular weight is 158 g/mol. The first-order valence-electron chi connectivity index (χ1n) is 4.24. The molecular weight excluding hydrogens is 140 g/mol. The van der Waals surface area contributed by atoms with E-state index in [2.05, 4.69) is 24.3 Å². The summed E-state index contributed by atoms with van der Waals surface area (Å²) >= 11 is 0. The van der Waals surface area contributed by atoms with Crippen molar-refractivity contribution in [2.24, 2.45) is 0 Å². The van der Waals surface area contributed by atoms with Gasteiger partial charge in [-0.1, -0.05) is 0 Å². The van der Waals surface area contributed by atoms with Crippen LogP contribution in [0.25, 0.3) is 0 Å². The van der Waals surface area contributed by atoms with E-state index in [0.717, 1.165) is 25.9 Å². The minimum atomic E-state index is -0.0353. The van der Waals surface area contributed by atoms with E-state index in [1.54, 1.807) is 0 Å². The molecule has 3 heteroatoms. The number of aliphatic hydroxyl groups is 1. The Morgan fingerprint density at radius 1 is 1.45 bits per heavy atom. The number of nitrogens with one attached hydrogen (secondary N) is 1. The fourth-order valence-electron chi connectivity index (χ4n) is 1.25. The lowest BCUT2D eigenvalue weighted by atomic mass is 9.90. The fraction of sp³-hybridized carbons (Fsp3) is 1.00. The molecule has 1 saturated carbocycles. The number of likely N-dealkylation sites (N-methyl/N-ethyl adjacent to an activating group) is 1. The zero-order chi connectivity index (χ0) is 8.27. The third-order valence-electron chi connectivity index (χ3n) is 2.11. The number of nitrogens with zero attached hydrogens (tertiary/aromatic N) is 1. The molecule has 0 heterocycles. The molecular formula is C8H18N2O. The van der Waals surface area contributed by atoms with Crippen molar-refractivity contribution in [2.45, 2.75) is 25.0 Å². The van der Waals surface area contributed by atoms with Crippen molar-refractivity contribution in [1.82, 2.24) is 10.2 Å². The van der Waals surface area contributed by atoms with Crippen molar-refractivity contribution in [1.29, 1.82) is 0 Å². The summed E-state index contributed by atoms with van der Waals surface area (Å²) in [6.07, 6.45) is 1.84. The summed E-state index contributed by atoms with van der Waals surface area (Å²) in [7, 11) is 4.13. The van der Waals surface area contributed by atoms with E-state index in [1.165, 1.54) is 0 Å². The molecule has 1 aliphatic carbocycles. The van der Waals surface area contributed by atoms with Crippen LogP contribution in [0.5, 0.6) is 0 Å². The van der Waals surface area contributed by atoms with E-state index in [9.17, 15) is 0 Å².